The van der Waals surface area contributed by atoms with Gasteiger partial charge in [0.05, 0.1) is 30.0 Å². The number of nitrogens with zero attached hydrogens (tertiary/aromatic N) is 2. The number of aryl methyl sites for hydroxylation is 1. The van der Waals surface area contributed by atoms with Crippen molar-refractivity contribution in [2.75, 3.05) is 0 Å². The van der Waals surface area contributed by atoms with E-state index in [2.05, 4.69) is 5.10 Å². The fourth-order valence-electron chi connectivity index (χ4n) is 1.60. The van der Waals surface area contributed by atoms with Crippen molar-refractivity contribution in [3.63, 3.8) is 0 Å². The second-order valence-corrected chi connectivity index (χ2v) is 4.17. The van der Waals surface area contributed by atoms with Crippen LogP contribution in [0.4, 0.5) is 0 Å². The summed E-state index contributed by atoms with van der Waals surface area (Å²) in [7, 11) is 0. The van der Waals surface area contributed by atoms with Gasteiger partial charge in [0, 0.05) is 0 Å². The largest absolute Gasteiger partial charge is 0.462 e. The van der Waals surface area contributed by atoms with Gasteiger partial charge in [0.15, 0.2) is 0 Å². The van der Waals surface area contributed by atoms with Crippen LogP contribution in [0.15, 0.2) is 16.7 Å². The molecule has 2 aromatic heterocycles. The van der Waals surface area contributed by atoms with E-state index in [0.29, 0.717) is 18.1 Å². The summed E-state index contributed by atoms with van der Waals surface area (Å²) in [4.78, 5) is 0. The van der Waals surface area contributed by atoms with Crippen LogP contribution in [-0.4, -0.2) is 9.78 Å². The zero-order valence-corrected chi connectivity index (χ0v) is 10.1. The number of halogens is 1. The van der Waals surface area contributed by atoms with Crippen LogP contribution in [0.2, 0.25) is 5.02 Å². The van der Waals surface area contributed by atoms with Gasteiger partial charge >= 0.3 is 0 Å². The Hall–Kier alpha value is -1.26. The van der Waals surface area contributed by atoms with Crippen molar-refractivity contribution >= 4 is 11.6 Å². The Labute approximate surface area is 99.0 Å². The first-order chi connectivity index (χ1) is 7.61. The molecular weight excluding hydrogens is 226 g/mol. The summed E-state index contributed by atoms with van der Waals surface area (Å²) in [5.74, 6) is 1.67. The van der Waals surface area contributed by atoms with E-state index in [0.717, 1.165) is 22.8 Å². The SMILES string of the molecule is Cc1cc(Cn2ncc(Cl)c2C)oc1CN. The van der Waals surface area contributed by atoms with Crippen LogP contribution in [0.25, 0.3) is 0 Å². The lowest BCUT2D eigenvalue weighted by atomic mass is 10.2. The zero-order valence-electron chi connectivity index (χ0n) is 9.33. The molecule has 0 saturated carbocycles. The maximum atomic E-state index is 5.93. The van der Waals surface area contributed by atoms with Crippen LogP contribution in [0.5, 0.6) is 0 Å². The van der Waals surface area contributed by atoms with Crippen LogP contribution >= 0.6 is 11.6 Å². The predicted octanol–water partition coefficient (Wildman–Crippen LogP) is 2.25. The van der Waals surface area contributed by atoms with Crippen molar-refractivity contribution in [3.8, 4) is 0 Å². The summed E-state index contributed by atoms with van der Waals surface area (Å²) in [6.07, 6.45) is 1.64. The minimum Gasteiger partial charge on any atom is -0.462 e. The first-order valence-electron chi connectivity index (χ1n) is 5.08. The second kappa shape index (κ2) is 4.31. The molecule has 2 aromatic rings. The molecule has 0 amide bonds. The Kier molecular flexibility index (Phi) is 3.03. The van der Waals surface area contributed by atoms with E-state index < -0.39 is 0 Å². The zero-order chi connectivity index (χ0) is 11.7. The molecule has 2 rings (SSSR count). The van der Waals surface area contributed by atoms with Gasteiger partial charge < -0.3 is 10.2 Å². The van der Waals surface area contributed by atoms with Gasteiger partial charge in [-0.1, -0.05) is 11.6 Å². The lowest BCUT2D eigenvalue weighted by molar-refractivity contribution is 0.442. The topological polar surface area (TPSA) is 57.0 Å². The molecule has 0 spiro atoms. The molecule has 0 saturated heterocycles. The molecule has 4 nitrogen and oxygen atoms in total. The van der Waals surface area contributed by atoms with Crippen LogP contribution in [0, 0.1) is 13.8 Å². The maximum Gasteiger partial charge on any atom is 0.126 e. The third-order valence-electron chi connectivity index (χ3n) is 2.61. The van der Waals surface area contributed by atoms with Crippen molar-refractivity contribution in [2.45, 2.75) is 26.9 Å². The normalized spacial score (nSPS) is 11.0. The molecule has 0 atom stereocenters. The van der Waals surface area contributed by atoms with E-state index in [1.807, 2.05) is 19.9 Å². The van der Waals surface area contributed by atoms with Gasteiger partial charge in [-0.2, -0.15) is 5.10 Å². The summed E-state index contributed by atoms with van der Waals surface area (Å²) in [5.41, 5.74) is 7.57. The first-order valence-corrected chi connectivity index (χ1v) is 5.45. The van der Waals surface area contributed by atoms with Crippen molar-refractivity contribution < 1.29 is 4.42 Å². The molecule has 0 aromatic carbocycles. The second-order valence-electron chi connectivity index (χ2n) is 3.76. The summed E-state index contributed by atoms with van der Waals surface area (Å²) in [6.45, 7) is 4.91. The average Bonchev–Trinajstić information content (AvgIpc) is 2.76. The van der Waals surface area contributed by atoms with Crippen LogP contribution in [0.3, 0.4) is 0 Å². The van der Waals surface area contributed by atoms with Gasteiger partial charge in [0.25, 0.3) is 0 Å². The highest BCUT2D eigenvalue weighted by atomic mass is 35.5. The molecule has 0 unspecified atom stereocenters. The van der Waals surface area contributed by atoms with Crippen LogP contribution in [-0.2, 0) is 13.1 Å². The Morgan fingerprint density at radius 2 is 2.25 bits per heavy atom. The molecule has 0 fully saturated rings. The Morgan fingerprint density at radius 1 is 1.50 bits per heavy atom. The number of rotatable bonds is 3. The van der Waals surface area contributed by atoms with E-state index in [9.17, 15) is 0 Å². The molecule has 2 N–H and O–H groups in total. The predicted molar refractivity (Wildman–Crippen MR) is 62.4 cm³/mol. The smallest absolute Gasteiger partial charge is 0.126 e. The molecule has 0 bridgehead atoms. The molecule has 5 heteroatoms. The number of furan rings is 1. The highest BCUT2D eigenvalue weighted by Gasteiger charge is 2.09. The fourth-order valence-corrected chi connectivity index (χ4v) is 1.74. The third kappa shape index (κ3) is 1.99. The molecule has 2 heterocycles. The Balaban J connectivity index is 2.23. The standard InChI is InChI=1S/C11H14ClN3O/c1-7-3-9(16-11(7)4-13)6-15-8(2)10(12)5-14-15/h3,5H,4,6,13H2,1-2H3. The van der Waals surface area contributed by atoms with E-state index in [1.165, 1.54) is 0 Å². The minimum absolute atomic E-state index is 0.421. The highest BCUT2D eigenvalue weighted by molar-refractivity contribution is 6.31. The van der Waals surface area contributed by atoms with E-state index >= 15 is 0 Å². The monoisotopic (exact) mass is 239 g/mol. The van der Waals surface area contributed by atoms with Gasteiger partial charge in [-0.05, 0) is 25.5 Å². The van der Waals surface area contributed by atoms with E-state index in [1.54, 1.807) is 10.9 Å². The van der Waals surface area contributed by atoms with Crippen LogP contribution < -0.4 is 5.73 Å². The summed E-state index contributed by atoms with van der Waals surface area (Å²) in [6, 6.07) is 1.98. The number of hydrogen-bond acceptors (Lipinski definition) is 3. The number of hydrogen-bond donors (Lipinski definition) is 1. The summed E-state index contributed by atoms with van der Waals surface area (Å²) < 4.78 is 7.41. The molecule has 0 aliphatic heterocycles. The molecule has 0 aliphatic carbocycles. The van der Waals surface area contributed by atoms with Crippen molar-refractivity contribution in [1.29, 1.82) is 0 Å². The Bertz CT molecular complexity index is 501. The van der Waals surface area contributed by atoms with E-state index in [4.69, 9.17) is 21.8 Å². The lowest BCUT2D eigenvalue weighted by Gasteiger charge is -2.01. The quantitative estimate of drug-likeness (QED) is 0.894. The first kappa shape index (κ1) is 11.2. The van der Waals surface area contributed by atoms with Gasteiger partial charge in [0.2, 0.25) is 0 Å². The average molecular weight is 240 g/mol. The highest BCUT2D eigenvalue weighted by Crippen LogP contribution is 2.18. The van der Waals surface area contributed by atoms with Gasteiger partial charge in [-0.25, -0.2) is 0 Å². The molecular formula is C11H14ClN3O. The maximum absolute atomic E-state index is 5.93. The van der Waals surface area contributed by atoms with Crippen molar-refractivity contribution in [2.24, 2.45) is 5.73 Å². The number of nitrogens with two attached hydrogens (primary N) is 1. The van der Waals surface area contributed by atoms with E-state index in [-0.39, 0.29) is 0 Å². The van der Waals surface area contributed by atoms with Gasteiger partial charge in [-0.3, -0.25) is 4.68 Å². The lowest BCUT2D eigenvalue weighted by Crippen LogP contribution is -2.02. The summed E-state index contributed by atoms with van der Waals surface area (Å²) in [5, 5.41) is 4.84. The Morgan fingerprint density at radius 3 is 2.75 bits per heavy atom. The molecule has 16 heavy (non-hydrogen) atoms. The third-order valence-corrected chi connectivity index (χ3v) is 2.98. The minimum atomic E-state index is 0.421. The van der Waals surface area contributed by atoms with Crippen molar-refractivity contribution in [3.05, 3.63) is 40.1 Å². The van der Waals surface area contributed by atoms with Crippen molar-refractivity contribution in [1.82, 2.24) is 9.78 Å². The van der Waals surface area contributed by atoms with Crippen LogP contribution in [0.1, 0.15) is 22.8 Å². The molecule has 0 radical (unpaired) electrons. The number of aromatic nitrogens is 2. The molecule has 86 valence electrons. The van der Waals surface area contributed by atoms with Gasteiger partial charge in [0.1, 0.15) is 11.5 Å². The fraction of sp³-hybridized carbons (Fsp3) is 0.364. The van der Waals surface area contributed by atoms with Gasteiger partial charge in [-0.15, -0.1) is 0 Å². The summed E-state index contributed by atoms with van der Waals surface area (Å²) >= 11 is 5.93. The molecule has 0 aliphatic rings.